The summed E-state index contributed by atoms with van der Waals surface area (Å²) in [7, 11) is 5.77. The minimum atomic E-state index is 0.653. The van der Waals surface area contributed by atoms with Crippen molar-refractivity contribution in [3.05, 3.63) is 29.8 Å². The normalized spacial score (nSPS) is 19.5. The van der Waals surface area contributed by atoms with Crippen LogP contribution in [0.5, 0.6) is 5.75 Å². The van der Waals surface area contributed by atoms with Crippen LogP contribution < -0.4 is 4.74 Å². The van der Waals surface area contributed by atoms with Gasteiger partial charge in [-0.15, -0.1) is 0 Å². The van der Waals surface area contributed by atoms with Gasteiger partial charge in [0.15, 0.2) is 0 Å². The molecular weight excluding hydrogens is 276 g/mol. The number of para-hydroxylation sites is 1. The van der Waals surface area contributed by atoms with Crippen molar-refractivity contribution in [3.8, 4) is 5.75 Å². The van der Waals surface area contributed by atoms with Crippen LogP contribution in [0.2, 0.25) is 0 Å². The summed E-state index contributed by atoms with van der Waals surface area (Å²) in [6, 6.07) is 8.95. The number of ether oxygens (including phenoxy) is 2. The van der Waals surface area contributed by atoms with Crippen molar-refractivity contribution in [3.63, 3.8) is 0 Å². The maximum atomic E-state index is 5.49. The van der Waals surface area contributed by atoms with E-state index in [0.717, 1.165) is 32.0 Å². The third-order valence-corrected chi connectivity index (χ3v) is 4.59. The molecule has 0 N–H and O–H groups in total. The molecule has 0 amide bonds. The highest BCUT2D eigenvalue weighted by atomic mass is 16.5. The molecule has 124 valence electrons. The monoisotopic (exact) mass is 306 g/mol. The molecule has 0 unspecified atom stereocenters. The predicted octanol–water partition coefficient (Wildman–Crippen LogP) is 2.63. The minimum Gasteiger partial charge on any atom is -0.496 e. The number of nitrogens with zero attached hydrogens (tertiary/aromatic N) is 2. The lowest BCUT2D eigenvalue weighted by Gasteiger charge is -2.36. The van der Waals surface area contributed by atoms with Crippen LogP contribution in [0.1, 0.15) is 24.8 Å². The van der Waals surface area contributed by atoms with Crippen molar-refractivity contribution >= 4 is 0 Å². The number of benzene rings is 1. The van der Waals surface area contributed by atoms with Gasteiger partial charge in [0.25, 0.3) is 0 Å². The lowest BCUT2D eigenvalue weighted by atomic mass is 10.0. The van der Waals surface area contributed by atoms with Gasteiger partial charge >= 0.3 is 0 Å². The molecular formula is C18H30N2O2. The Morgan fingerprint density at radius 1 is 1.23 bits per heavy atom. The summed E-state index contributed by atoms with van der Waals surface area (Å²) in [5.74, 6) is 0.974. The van der Waals surface area contributed by atoms with E-state index < -0.39 is 0 Å². The van der Waals surface area contributed by atoms with Gasteiger partial charge in [-0.2, -0.15) is 0 Å². The van der Waals surface area contributed by atoms with E-state index in [1.807, 2.05) is 12.1 Å². The van der Waals surface area contributed by atoms with E-state index in [9.17, 15) is 0 Å². The Morgan fingerprint density at radius 2 is 2.05 bits per heavy atom. The van der Waals surface area contributed by atoms with Gasteiger partial charge < -0.3 is 14.4 Å². The second kappa shape index (κ2) is 9.13. The third-order valence-electron chi connectivity index (χ3n) is 4.59. The van der Waals surface area contributed by atoms with Crippen molar-refractivity contribution in [1.29, 1.82) is 0 Å². The smallest absolute Gasteiger partial charge is 0.123 e. The first-order valence-corrected chi connectivity index (χ1v) is 8.28. The average molecular weight is 306 g/mol. The van der Waals surface area contributed by atoms with Gasteiger partial charge in [-0.05, 0) is 32.5 Å². The molecule has 1 atom stereocenters. The zero-order valence-electron chi connectivity index (χ0n) is 14.3. The Hall–Kier alpha value is -1.10. The standard InChI is InChI=1S/C18H30N2O2/c1-19-11-7-6-9-17(19)15-20(12-13-21-2)14-16-8-4-5-10-18(16)22-3/h4-5,8,10,17H,6-7,9,11-15H2,1-3H3/t17-/m0/s1. The number of likely N-dealkylation sites (tertiary alicyclic amines) is 1. The summed E-state index contributed by atoms with van der Waals surface area (Å²) in [6.07, 6.45) is 3.98. The van der Waals surface area contributed by atoms with Gasteiger partial charge in [0, 0.05) is 38.3 Å². The molecule has 22 heavy (non-hydrogen) atoms. The van der Waals surface area contributed by atoms with Crippen molar-refractivity contribution in [2.45, 2.75) is 31.8 Å². The van der Waals surface area contributed by atoms with Gasteiger partial charge in [-0.25, -0.2) is 0 Å². The third kappa shape index (κ3) is 4.97. The van der Waals surface area contributed by atoms with Crippen LogP contribution in [0.15, 0.2) is 24.3 Å². The van der Waals surface area contributed by atoms with Crippen LogP contribution in [-0.2, 0) is 11.3 Å². The molecule has 1 saturated heterocycles. The first-order valence-electron chi connectivity index (χ1n) is 8.28. The SMILES string of the molecule is COCCN(Cc1ccccc1OC)C[C@@H]1CCCCN1C. The molecule has 0 radical (unpaired) electrons. The quantitative estimate of drug-likeness (QED) is 0.737. The summed E-state index contributed by atoms with van der Waals surface area (Å²) in [5.41, 5.74) is 1.25. The number of rotatable bonds is 8. The van der Waals surface area contributed by atoms with Crippen molar-refractivity contribution in [2.75, 3.05) is 47.5 Å². The fraction of sp³-hybridized carbons (Fsp3) is 0.667. The van der Waals surface area contributed by atoms with Gasteiger partial charge in [0.1, 0.15) is 5.75 Å². The van der Waals surface area contributed by atoms with Gasteiger partial charge in [-0.1, -0.05) is 24.6 Å². The zero-order valence-corrected chi connectivity index (χ0v) is 14.3. The summed E-state index contributed by atoms with van der Waals surface area (Å²) in [5, 5.41) is 0. The van der Waals surface area contributed by atoms with E-state index in [4.69, 9.17) is 9.47 Å². The van der Waals surface area contributed by atoms with Crippen LogP contribution in [0.4, 0.5) is 0 Å². The Kier molecular flexibility index (Phi) is 7.16. The van der Waals surface area contributed by atoms with Crippen LogP contribution in [0.3, 0.4) is 0 Å². The summed E-state index contributed by atoms with van der Waals surface area (Å²) < 4.78 is 10.8. The molecule has 1 aliphatic heterocycles. The van der Waals surface area contributed by atoms with Gasteiger partial charge in [-0.3, -0.25) is 4.90 Å². The van der Waals surface area contributed by atoms with E-state index >= 15 is 0 Å². The molecule has 4 nitrogen and oxygen atoms in total. The molecule has 2 rings (SSSR count). The summed E-state index contributed by atoms with van der Waals surface area (Å²) in [6.45, 7) is 4.96. The number of likely N-dealkylation sites (N-methyl/N-ethyl adjacent to an activating group) is 1. The Balaban J connectivity index is 2.01. The molecule has 1 heterocycles. The minimum absolute atomic E-state index is 0.653. The first-order chi connectivity index (χ1) is 10.7. The number of methoxy groups -OCH3 is 2. The maximum Gasteiger partial charge on any atom is 0.123 e. The molecule has 0 aliphatic carbocycles. The van der Waals surface area contributed by atoms with Gasteiger partial charge in [0.05, 0.1) is 13.7 Å². The average Bonchev–Trinajstić information content (AvgIpc) is 2.55. The molecule has 4 heteroatoms. The highest BCUT2D eigenvalue weighted by Gasteiger charge is 2.22. The first kappa shape index (κ1) is 17.3. The van der Waals surface area contributed by atoms with Crippen LogP contribution in [0, 0.1) is 0 Å². The lowest BCUT2D eigenvalue weighted by Crippen LogP contribution is -2.45. The Labute approximate surface area is 135 Å². The molecule has 0 spiro atoms. The van der Waals surface area contributed by atoms with Crippen LogP contribution in [-0.4, -0.2) is 63.4 Å². The van der Waals surface area contributed by atoms with E-state index in [0.29, 0.717) is 6.04 Å². The highest BCUT2D eigenvalue weighted by Crippen LogP contribution is 2.21. The molecule has 0 aromatic heterocycles. The summed E-state index contributed by atoms with van der Waals surface area (Å²) >= 11 is 0. The molecule has 0 bridgehead atoms. The summed E-state index contributed by atoms with van der Waals surface area (Å²) in [4.78, 5) is 5.00. The molecule has 1 fully saturated rings. The zero-order chi connectivity index (χ0) is 15.8. The largest absolute Gasteiger partial charge is 0.496 e. The molecule has 0 saturated carbocycles. The molecule has 1 aromatic carbocycles. The molecule has 1 aromatic rings. The van der Waals surface area contributed by atoms with Crippen molar-refractivity contribution in [1.82, 2.24) is 9.80 Å². The number of hydrogen-bond donors (Lipinski definition) is 0. The second-order valence-corrected chi connectivity index (χ2v) is 6.17. The van der Waals surface area contributed by atoms with E-state index in [1.54, 1.807) is 14.2 Å². The van der Waals surface area contributed by atoms with Gasteiger partial charge in [0.2, 0.25) is 0 Å². The van der Waals surface area contributed by atoms with Crippen molar-refractivity contribution in [2.24, 2.45) is 0 Å². The topological polar surface area (TPSA) is 24.9 Å². The number of piperidine rings is 1. The Bertz CT molecular complexity index is 439. The number of hydrogen-bond acceptors (Lipinski definition) is 4. The van der Waals surface area contributed by atoms with E-state index in [1.165, 1.54) is 31.4 Å². The van der Waals surface area contributed by atoms with Crippen molar-refractivity contribution < 1.29 is 9.47 Å². The van der Waals surface area contributed by atoms with E-state index in [-0.39, 0.29) is 0 Å². The lowest BCUT2D eigenvalue weighted by molar-refractivity contribution is 0.0966. The fourth-order valence-corrected chi connectivity index (χ4v) is 3.20. The van der Waals surface area contributed by atoms with Crippen LogP contribution in [0.25, 0.3) is 0 Å². The Morgan fingerprint density at radius 3 is 2.77 bits per heavy atom. The molecule has 1 aliphatic rings. The van der Waals surface area contributed by atoms with E-state index in [2.05, 4.69) is 29.0 Å². The second-order valence-electron chi connectivity index (χ2n) is 6.17. The maximum absolute atomic E-state index is 5.49. The highest BCUT2D eigenvalue weighted by molar-refractivity contribution is 5.33. The van der Waals surface area contributed by atoms with Crippen LogP contribution >= 0.6 is 0 Å². The fourth-order valence-electron chi connectivity index (χ4n) is 3.20. The predicted molar refractivity (Wildman–Crippen MR) is 90.4 cm³/mol.